The summed E-state index contributed by atoms with van der Waals surface area (Å²) in [4.78, 5) is 22.3. The first-order valence-corrected chi connectivity index (χ1v) is 6.20. The maximum atomic E-state index is 11.7. The van der Waals surface area contributed by atoms with Crippen LogP contribution in [0.3, 0.4) is 0 Å². The Morgan fingerprint density at radius 3 is 2.78 bits per heavy atom. The van der Waals surface area contributed by atoms with E-state index in [9.17, 15) is 9.59 Å². The Morgan fingerprint density at radius 2 is 2.06 bits per heavy atom. The summed E-state index contributed by atoms with van der Waals surface area (Å²) in [6.45, 7) is 1.53. The van der Waals surface area contributed by atoms with Crippen molar-refractivity contribution in [3.8, 4) is 0 Å². The van der Waals surface area contributed by atoms with Gasteiger partial charge < -0.3 is 10.4 Å². The van der Waals surface area contributed by atoms with Crippen LogP contribution in [0, 0.1) is 5.92 Å². The zero-order chi connectivity index (χ0) is 13.1. The number of aryl methyl sites for hydroxylation is 2. The zero-order valence-electron chi connectivity index (χ0n) is 10.4. The third kappa shape index (κ3) is 2.88. The highest BCUT2D eigenvalue weighted by molar-refractivity contribution is 5.93. The van der Waals surface area contributed by atoms with E-state index in [2.05, 4.69) is 5.32 Å². The topological polar surface area (TPSA) is 66.4 Å². The fourth-order valence-corrected chi connectivity index (χ4v) is 2.23. The van der Waals surface area contributed by atoms with Crippen LogP contribution >= 0.6 is 0 Å². The molecule has 96 valence electrons. The number of hydrogen-bond acceptors (Lipinski definition) is 2. The number of carbonyl (C=O) groups is 2. The third-order valence-corrected chi connectivity index (χ3v) is 3.30. The molecule has 4 heteroatoms. The second kappa shape index (κ2) is 5.21. The van der Waals surface area contributed by atoms with Crippen molar-refractivity contribution in [1.29, 1.82) is 0 Å². The standard InChI is InChI=1S/C14H17NO3/c1-9(14(17)18)7-13(16)15-12-6-5-10-3-2-4-11(10)8-12/h5-6,8-9H,2-4,7H2,1H3,(H,15,16)(H,17,18). The van der Waals surface area contributed by atoms with Crippen molar-refractivity contribution in [2.75, 3.05) is 5.32 Å². The minimum absolute atomic E-state index is 0.00637. The average molecular weight is 247 g/mol. The second-order valence-corrected chi connectivity index (χ2v) is 4.83. The molecule has 0 saturated carbocycles. The number of rotatable bonds is 4. The SMILES string of the molecule is CC(CC(=O)Nc1ccc2c(c1)CCC2)C(=O)O. The van der Waals surface area contributed by atoms with Gasteiger partial charge in [0.1, 0.15) is 0 Å². The number of anilines is 1. The Hall–Kier alpha value is -1.84. The van der Waals surface area contributed by atoms with Crippen LogP contribution in [0.25, 0.3) is 0 Å². The van der Waals surface area contributed by atoms with Gasteiger partial charge in [-0.05, 0) is 42.5 Å². The molecule has 1 aromatic rings. The Balaban J connectivity index is 1.97. The molecular weight excluding hydrogens is 230 g/mol. The van der Waals surface area contributed by atoms with Crippen LogP contribution in [0.15, 0.2) is 18.2 Å². The normalized spacial score (nSPS) is 14.9. The van der Waals surface area contributed by atoms with E-state index in [-0.39, 0.29) is 12.3 Å². The third-order valence-electron chi connectivity index (χ3n) is 3.30. The number of aliphatic carboxylic acids is 1. The van der Waals surface area contributed by atoms with Gasteiger partial charge in [-0.2, -0.15) is 0 Å². The molecule has 0 saturated heterocycles. The molecule has 4 nitrogen and oxygen atoms in total. The molecule has 0 radical (unpaired) electrons. The average Bonchev–Trinajstić information content (AvgIpc) is 2.75. The van der Waals surface area contributed by atoms with Gasteiger partial charge in [-0.15, -0.1) is 0 Å². The van der Waals surface area contributed by atoms with Gasteiger partial charge in [0.2, 0.25) is 5.91 Å². The van der Waals surface area contributed by atoms with E-state index < -0.39 is 11.9 Å². The van der Waals surface area contributed by atoms with Gasteiger partial charge in [0.05, 0.1) is 5.92 Å². The first-order valence-electron chi connectivity index (χ1n) is 6.20. The summed E-state index contributed by atoms with van der Waals surface area (Å²) in [7, 11) is 0. The lowest BCUT2D eigenvalue weighted by Crippen LogP contribution is -2.20. The number of nitrogens with one attached hydrogen (secondary N) is 1. The quantitative estimate of drug-likeness (QED) is 0.857. The maximum Gasteiger partial charge on any atom is 0.306 e. The number of carboxylic acid groups (broad SMARTS) is 1. The molecule has 1 atom stereocenters. The van der Waals surface area contributed by atoms with Gasteiger partial charge in [-0.25, -0.2) is 0 Å². The van der Waals surface area contributed by atoms with Gasteiger partial charge >= 0.3 is 5.97 Å². The summed E-state index contributed by atoms with van der Waals surface area (Å²) in [5.41, 5.74) is 3.41. The lowest BCUT2D eigenvalue weighted by Gasteiger charge is -2.09. The Kier molecular flexibility index (Phi) is 3.65. The van der Waals surface area contributed by atoms with E-state index in [1.54, 1.807) is 0 Å². The van der Waals surface area contributed by atoms with Gasteiger partial charge in [-0.1, -0.05) is 13.0 Å². The summed E-state index contributed by atoms with van der Waals surface area (Å²) in [5, 5.41) is 11.5. The minimum Gasteiger partial charge on any atom is -0.481 e. The first kappa shape index (κ1) is 12.6. The van der Waals surface area contributed by atoms with Crippen LogP contribution in [-0.4, -0.2) is 17.0 Å². The van der Waals surface area contributed by atoms with Crippen molar-refractivity contribution in [3.63, 3.8) is 0 Å². The summed E-state index contributed by atoms with van der Waals surface area (Å²) in [6.07, 6.45) is 3.35. The van der Waals surface area contributed by atoms with Crippen LogP contribution in [0.2, 0.25) is 0 Å². The zero-order valence-corrected chi connectivity index (χ0v) is 10.4. The lowest BCUT2D eigenvalue weighted by molar-refractivity contribution is -0.142. The summed E-state index contributed by atoms with van der Waals surface area (Å²) >= 11 is 0. The predicted octanol–water partition coefficient (Wildman–Crippen LogP) is 2.22. The predicted molar refractivity (Wildman–Crippen MR) is 68.5 cm³/mol. The van der Waals surface area contributed by atoms with E-state index in [1.165, 1.54) is 24.5 Å². The molecule has 0 aromatic heterocycles. The van der Waals surface area contributed by atoms with E-state index in [1.807, 2.05) is 18.2 Å². The van der Waals surface area contributed by atoms with Crippen molar-refractivity contribution < 1.29 is 14.7 Å². The van der Waals surface area contributed by atoms with Crippen molar-refractivity contribution in [2.24, 2.45) is 5.92 Å². The Morgan fingerprint density at radius 1 is 1.33 bits per heavy atom. The van der Waals surface area contributed by atoms with E-state index in [4.69, 9.17) is 5.11 Å². The molecule has 2 rings (SSSR count). The van der Waals surface area contributed by atoms with Gasteiger partial charge in [0, 0.05) is 12.1 Å². The van der Waals surface area contributed by atoms with Crippen molar-refractivity contribution in [1.82, 2.24) is 0 Å². The Labute approximate surface area is 106 Å². The molecule has 0 heterocycles. The molecule has 0 bridgehead atoms. The molecule has 1 aliphatic carbocycles. The van der Waals surface area contributed by atoms with Crippen LogP contribution in [-0.2, 0) is 22.4 Å². The molecule has 1 unspecified atom stereocenters. The molecule has 1 aliphatic rings. The number of fused-ring (bicyclic) bond motifs is 1. The minimum atomic E-state index is -0.945. The smallest absolute Gasteiger partial charge is 0.306 e. The van der Waals surface area contributed by atoms with E-state index >= 15 is 0 Å². The summed E-state index contributed by atoms with van der Waals surface area (Å²) in [5.74, 6) is -1.85. The number of benzene rings is 1. The van der Waals surface area contributed by atoms with Crippen LogP contribution < -0.4 is 5.32 Å². The van der Waals surface area contributed by atoms with Crippen molar-refractivity contribution in [2.45, 2.75) is 32.6 Å². The number of hydrogen-bond donors (Lipinski definition) is 2. The largest absolute Gasteiger partial charge is 0.481 e. The molecule has 2 N–H and O–H groups in total. The lowest BCUT2D eigenvalue weighted by atomic mass is 10.1. The summed E-state index contributed by atoms with van der Waals surface area (Å²) in [6, 6.07) is 5.91. The highest BCUT2D eigenvalue weighted by atomic mass is 16.4. The molecule has 0 aliphatic heterocycles. The number of carboxylic acids is 1. The molecule has 1 amide bonds. The van der Waals surface area contributed by atoms with Crippen molar-refractivity contribution in [3.05, 3.63) is 29.3 Å². The monoisotopic (exact) mass is 247 g/mol. The summed E-state index contributed by atoms with van der Waals surface area (Å²) < 4.78 is 0. The van der Waals surface area contributed by atoms with Crippen LogP contribution in [0.5, 0.6) is 0 Å². The molecule has 0 spiro atoms. The second-order valence-electron chi connectivity index (χ2n) is 4.83. The molecule has 1 aromatic carbocycles. The van der Waals surface area contributed by atoms with Crippen LogP contribution in [0.4, 0.5) is 5.69 Å². The first-order chi connectivity index (χ1) is 8.56. The van der Waals surface area contributed by atoms with Crippen LogP contribution in [0.1, 0.15) is 30.9 Å². The number of carbonyl (C=O) groups excluding carboxylic acids is 1. The Bertz CT molecular complexity index is 482. The highest BCUT2D eigenvalue weighted by Gasteiger charge is 2.16. The van der Waals surface area contributed by atoms with Gasteiger partial charge in [0.15, 0.2) is 0 Å². The fourth-order valence-electron chi connectivity index (χ4n) is 2.23. The fraction of sp³-hybridized carbons (Fsp3) is 0.429. The van der Waals surface area contributed by atoms with E-state index in [0.717, 1.165) is 18.5 Å². The molecular formula is C14H17NO3. The number of amides is 1. The van der Waals surface area contributed by atoms with Gasteiger partial charge in [0.25, 0.3) is 0 Å². The molecule has 0 fully saturated rings. The van der Waals surface area contributed by atoms with E-state index in [0.29, 0.717) is 0 Å². The maximum absolute atomic E-state index is 11.7. The highest BCUT2D eigenvalue weighted by Crippen LogP contribution is 2.25. The molecule has 18 heavy (non-hydrogen) atoms. The van der Waals surface area contributed by atoms with Gasteiger partial charge in [-0.3, -0.25) is 9.59 Å². The van der Waals surface area contributed by atoms with Crippen molar-refractivity contribution >= 4 is 17.6 Å².